The molecule has 0 spiro atoms. The number of likely N-dealkylation sites (tertiary alicyclic amines) is 1. The van der Waals surface area contributed by atoms with Crippen molar-refractivity contribution in [1.29, 1.82) is 0 Å². The number of amides is 2. The third kappa shape index (κ3) is 8.16. The zero-order chi connectivity index (χ0) is 19.7. The molecule has 2 rings (SSSR count). The van der Waals surface area contributed by atoms with E-state index in [0.717, 1.165) is 5.56 Å². The average molecular weight is 432 g/mol. The first kappa shape index (κ1) is 24.4. The molecule has 0 aliphatic carbocycles. The second-order valence-electron chi connectivity index (χ2n) is 6.94. The minimum absolute atomic E-state index is 0. The van der Waals surface area contributed by atoms with E-state index in [1.165, 1.54) is 4.90 Å². The number of carbonyl (C=O) groups is 2. The van der Waals surface area contributed by atoms with Crippen molar-refractivity contribution in [2.24, 2.45) is 11.7 Å². The highest BCUT2D eigenvalue weighted by atomic mass is 35.5. The summed E-state index contributed by atoms with van der Waals surface area (Å²) in [4.78, 5) is 26.0. The molecule has 1 aliphatic heterocycles. The summed E-state index contributed by atoms with van der Waals surface area (Å²) in [5.41, 5.74) is 6.47. The summed E-state index contributed by atoms with van der Waals surface area (Å²) in [5.74, 6) is -1.33. The molecule has 1 atom stereocenters. The standard InChI is InChI=1S/C19H29N3O4S.ClH/c20-10-11-21-19(24)17-9-4-12-22(14-17)18(23)15-27(25,26)13-5-8-16-6-2-1-3-7-16;/h1-3,6-7,17H,4-5,8-15,20H2,(H,21,24);1H. The Labute approximate surface area is 173 Å². The van der Waals surface area contributed by atoms with Crippen molar-refractivity contribution in [3.63, 3.8) is 0 Å². The summed E-state index contributed by atoms with van der Waals surface area (Å²) in [6.45, 7) is 1.54. The molecule has 3 N–H and O–H groups in total. The van der Waals surface area contributed by atoms with Crippen LogP contribution in [0.5, 0.6) is 0 Å². The van der Waals surface area contributed by atoms with Gasteiger partial charge in [0.1, 0.15) is 5.75 Å². The van der Waals surface area contributed by atoms with Gasteiger partial charge in [0.05, 0.1) is 11.7 Å². The lowest BCUT2D eigenvalue weighted by atomic mass is 9.97. The van der Waals surface area contributed by atoms with E-state index in [1.54, 1.807) is 0 Å². The molecule has 0 saturated carbocycles. The van der Waals surface area contributed by atoms with Gasteiger partial charge in [0.15, 0.2) is 9.84 Å². The van der Waals surface area contributed by atoms with Crippen LogP contribution in [0.15, 0.2) is 30.3 Å². The SMILES string of the molecule is Cl.NCCNC(=O)C1CCCN(C(=O)CS(=O)(=O)CCCc2ccccc2)C1. The van der Waals surface area contributed by atoms with Gasteiger partial charge in [-0.1, -0.05) is 30.3 Å². The molecular weight excluding hydrogens is 402 g/mol. The van der Waals surface area contributed by atoms with Gasteiger partial charge in [0.25, 0.3) is 0 Å². The van der Waals surface area contributed by atoms with Gasteiger partial charge >= 0.3 is 0 Å². The highest BCUT2D eigenvalue weighted by Crippen LogP contribution is 2.17. The first-order valence-corrected chi connectivity index (χ1v) is 11.2. The molecule has 1 aliphatic rings. The van der Waals surface area contributed by atoms with Gasteiger partial charge in [-0.3, -0.25) is 9.59 Å². The second-order valence-corrected chi connectivity index (χ2v) is 9.12. The van der Waals surface area contributed by atoms with E-state index in [4.69, 9.17) is 5.73 Å². The Hall–Kier alpha value is -1.64. The van der Waals surface area contributed by atoms with Gasteiger partial charge in [0, 0.05) is 26.2 Å². The molecule has 1 unspecified atom stereocenters. The van der Waals surface area contributed by atoms with Crippen molar-refractivity contribution in [2.45, 2.75) is 25.7 Å². The first-order chi connectivity index (χ1) is 12.9. The predicted octanol–water partition coefficient (Wildman–Crippen LogP) is 0.769. The summed E-state index contributed by atoms with van der Waals surface area (Å²) < 4.78 is 24.6. The molecule has 0 bridgehead atoms. The predicted molar refractivity (Wildman–Crippen MR) is 112 cm³/mol. The van der Waals surface area contributed by atoms with E-state index >= 15 is 0 Å². The zero-order valence-electron chi connectivity index (χ0n) is 16.0. The molecule has 7 nitrogen and oxygen atoms in total. The van der Waals surface area contributed by atoms with E-state index < -0.39 is 21.5 Å². The van der Waals surface area contributed by atoms with Crippen LogP contribution in [0.1, 0.15) is 24.8 Å². The molecule has 158 valence electrons. The fourth-order valence-electron chi connectivity index (χ4n) is 3.25. The maximum Gasteiger partial charge on any atom is 0.237 e. The Kier molecular flexibility index (Phi) is 10.5. The van der Waals surface area contributed by atoms with Crippen molar-refractivity contribution >= 4 is 34.1 Å². The molecule has 28 heavy (non-hydrogen) atoms. The second kappa shape index (κ2) is 12.0. The number of hydrogen-bond donors (Lipinski definition) is 2. The summed E-state index contributed by atoms with van der Waals surface area (Å²) >= 11 is 0. The van der Waals surface area contributed by atoms with Crippen molar-refractivity contribution in [2.75, 3.05) is 37.7 Å². The van der Waals surface area contributed by atoms with Crippen molar-refractivity contribution in [3.8, 4) is 0 Å². The van der Waals surface area contributed by atoms with Gasteiger partial charge < -0.3 is 16.0 Å². The quantitative estimate of drug-likeness (QED) is 0.600. The number of halogens is 1. The summed E-state index contributed by atoms with van der Waals surface area (Å²) in [5, 5.41) is 2.73. The van der Waals surface area contributed by atoms with E-state index in [9.17, 15) is 18.0 Å². The fraction of sp³-hybridized carbons (Fsp3) is 0.579. The van der Waals surface area contributed by atoms with Crippen LogP contribution in [0, 0.1) is 5.92 Å². The van der Waals surface area contributed by atoms with Crippen LogP contribution in [0.25, 0.3) is 0 Å². The molecule has 1 fully saturated rings. The summed E-state index contributed by atoms with van der Waals surface area (Å²) in [6.07, 6.45) is 2.55. The first-order valence-electron chi connectivity index (χ1n) is 9.41. The molecule has 1 aromatic carbocycles. The van der Waals surface area contributed by atoms with E-state index in [1.807, 2.05) is 30.3 Å². The van der Waals surface area contributed by atoms with Crippen LogP contribution in [-0.2, 0) is 25.8 Å². The number of nitrogens with two attached hydrogens (primary N) is 1. The topological polar surface area (TPSA) is 110 Å². The van der Waals surface area contributed by atoms with E-state index in [2.05, 4.69) is 5.32 Å². The Bertz CT molecular complexity index is 728. The smallest absolute Gasteiger partial charge is 0.237 e. The maximum absolute atomic E-state index is 12.4. The van der Waals surface area contributed by atoms with Crippen LogP contribution < -0.4 is 11.1 Å². The van der Waals surface area contributed by atoms with Gasteiger partial charge in [-0.2, -0.15) is 0 Å². The molecule has 1 heterocycles. The van der Waals surface area contributed by atoms with Crippen LogP contribution in [0.2, 0.25) is 0 Å². The number of piperidine rings is 1. The third-order valence-electron chi connectivity index (χ3n) is 4.70. The number of sulfone groups is 1. The van der Waals surface area contributed by atoms with Crippen molar-refractivity contribution < 1.29 is 18.0 Å². The normalized spacial score (nSPS) is 16.9. The molecule has 9 heteroatoms. The van der Waals surface area contributed by atoms with Crippen LogP contribution in [0.4, 0.5) is 0 Å². The molecule has 1 aromatic rings. The van der Waals surface area contributed by atoms with Gasteiger partial charge in [0.2, 0.25) is 11.8 Å². The maximum atomic E-state index is 12.4. The van der Waals surface area contributed by atoms with Crippen LogP contribution in [-0.4, -0.2) is 62.8 Å². The Morgan fingerprint density at radius 1 is 1.21 bits per heavy atom. The molecular formula is C19H30ClN3O4S. The molecule has 1 saturated heterocycles. The zero-order valence-corrected chi connectivity index (χ0v) is 17.6. The number of benzene rings is 1. The van der Waals surface area contributed by atoms with E-state index in [-0.39, 0.29) is 36.5 Å². The Balaban J connectivity index is 0.00000392. The fourth-order valence-corrected chi connectivity index (χ4v) is 4.54. The number of aryl methyl sites for hydroxylation is 1. The Morgan fingerprint density at radius 2 is 1.93 bits per heavy atom. The number of rotatable bonds is 9. The lowest BCUT2D eigenvalue weighted by Gasteiger charge is -2.32. The molecule has 2 amide bonds. The minimum atomic E-state index is -3.46. The highest BCUT2D eigenvalue weighted by Gasteiger charge is 2.30. The number of hydrogen-bond acceptors (Lipinski definition) is 5. The number of nitrogens with one attached hydrogen (secondary N) is 1. The van der Waals surface area contributed by atoms with Crippen LogP contribution in [0.3, 0.4) is 0 Å². The molecule has 0 aromatic heterocycles. The number of nitrogens with zero attached hydrogens (tertiary/aromatic N) is 1. The monoisotopic (exact) mass is 431 g/mol. The summed E-state index contributed by atoms with van der Waals surface area (Å²) in [7, 11) is -3.46. The van der Waals surface area contributed by atoms with Crippen LogP contribution >= 0.6 is 12.4 Å². The Morgan fingerprint density at radius 3 is 2.61 bits per heavy atom. The lowest BCUT2D eigenvalue weighted by molar-refractivity contribution is -0.133. The van der Waals surface area contributed by atoms with Crippen molar-refractivity contribution in [1.82, 2.24) is 10.2 Å². The largest absolute Gasteiger partial charge is 0.355 e. The van der Waals surface area contributed by atoms with Crippen molar-refractivity contribution in [3.05, 3.63) is 35.9 Å². The van der Waals surface area contributed by atoms with Gasteiger partial charge in [-0.05, 0) is 31.2 Å². The van der Waals surface area contributed by atoms with Gasteiger partial charge in [-0.25, -0.2) is 8.42 Å². The molecule has 0 radical (unpaired) electrons. The van der Waals surface area contributed by atoms with E-state index in [0.29, 0.717) is 45.3 Å². The lowest BCUT2D eigenvalue weighted by Crippen LogP contribution is -2.47. The number of carbonyl (C=O) groups excluding carboxylic acids is 2. The minimum Gasteiger partial charge on any atom is -0.355 e. The van der Waals surface area contributed by atoms with Gasteiger partial charge in [-0.15, -0.1) is 12.4 Å². The third-order valence-corrected chi connectivity index (χ3v) is 6.29. The average Bonchev–Trinajstić information content (AvgIpc) is 2.66. The highest BCUT2D eigenvalue weighted by molar-refractivity contribution is 7.92. The summed E-state index contributed by atoms with van der Waals surface area (Å²) in [6, 6.07) is 9.68.